The fourth-order valence-corrected chi connectivity index (χ4v) is 1.69. The molecule has 3 N–H and O–H groups in total. The van der Waals surface area contributed by atoms with E-state index in [-0.39, 0.29) is 28.8 Å². The summed E-state index contributed by atoms with van der Waals surface area (Å²) in [6, 6.07) is 4.38. The normalized spacial score (nSPS) is 10.1. The second-order valence-electron chi connectivity index (χ2n) is 3.62. The van der Waals surface area contributed by atoms with Crippen LogP contribution >= 0.6 is 15.9 Å². The van der Waals surface area contributed by atoms with Gasteiger partial charge in [0.15, 0.2) is 0 Å². The number of nitrogens with two attached hydrogens (primary N) is 1. The quantitative estimate of drug-likeness (QED) is 0.381. The number of amidine groups is 1. The zero-order valence-electron chi connectivity index (χ0n) is 9.91. The van der Waals surface area contributed by atoms with Crippen LogP contribution in [0.3, 0.4) is 0 Å². The second kappa shape index (κ2) is 5.61. The van der Waals surface area contributed by atoms with Crippen LogP contribution in [0.4, 0.5) is 5.69 Å². The van der Waals surface area contributed by atoms with Gasteiger partial charge in [0.25, 0.3) is 0 Å². The number of hydrogen-bond donors (Lipinski definition) is 2. The maximum Gasteiger partial charge on any atom is 0.312 e. The number of rotatable bonds is 4. The van der Waals surface area contributed by atoms with Crippen molar-refractivity contribution in [1.82, 2.24) is 9.97 Å². The first kappa shape index (κ1) is 13.9. The van der Waals surface area contributed by atoms with Gasteiger partial charge in [0, 0.05) is 10.5 Å². The average molecular weight is 338 g/mol. The van der Waals surface area contributed by atoms with Gasteiger partial charge >= 0.3 is 5.69 Å². The van der Waals surface area contributed by atoms with Crippen LogP contribution in [0.5, 0.6) is 11.6 Å². The molecule has 2 aromatic rings. The smallest absolute Gasteiger partial charge is 0.312 e. The maximum atomic E-state index is 10.9. The highest BCUT2D eigenvalue weighted by atomic mass is 79.9. The van der Waals surface area contributed by atoms with Gasteiger partial charge < -0.3 is 10.5 Å². The van der Waals surface area contributed by atoms with Crippen LogP contribution in [-0.4, -0.2) is 20.7 Å². The van der Waals surface area contributed by atoms with Crippen LogP contribution < -0.4 is 10.5 Å². The summed E-state index contributed by atoms with van der Waals surface area (Å²) in [5, 5.41) is 18.1. The molecular formula is C11H8BrN5O3. The fraction of sp³-hybridized carbons (Fsp3) is 0. The Morgan fingerprint density at radius 3 is 2.70 bits per heavy atom. The Morgan fingerprint density at radius 2 is 2.15 bits per heavy atom. The van der Waals surface area contributed by atoms with Crippen molar-refractivity contribution >= 4 is 27.5 Å². The number of halogens is 1. The van der Waals surface area contributed by atoms with Crippen molar-refractivity contribution in [1.29, 1.82) is 5.41 Å². The second-order valence-corrected chi connectivity index (χ2v) is 4.54. The first-order valence-corrected chi connectivity index (χ1v) is 6.05. The third-order valence-corrected chi connectivity index (χ3v) is 2.73. The Balaban J connectivity index is 2.30. The molecule has 20 heavy (non-hydrogen) atoms. The van der Waals surface area contributed by atoms with Crippen LogP contribution in [0.1, 0.15) is 5.69 Å². The van der Waals surface area contributed by atoms with Crippen LogP contribution in [0, 0.1) is 15.5 Å². The topological polar surface area (TPSA) is 128 Å². The van der Waals surface area contributed by atoms with Crippen LogP contribution in [-0.2, 0) is 0 Å². The zero-order chi connectivity index (χ0) is 14.7. The number of benzene rings is 1. The molecule has 0 aliphatic rings. The number of nitro groups is 1. The largest absolute Gasteiger partial charge is 0.430 e. The minimum absolute atomic E-state index is 0.0445. The Labute approximate surface area is 121 Å². The molecule has 1 aromatic carbocycles. The Morgan fingerprint density at radius 1 is 1.40 bits per heavy atom. The van der Waals surface area contributed by atoms with E-state index >= 15 is 0 Å². The van der Waals surface area contributed by atoms with Gasteiger partial charge in [0.2, 0.25) is 11.6 Å². The molecule has 0 bridgehead atoms. The van der Waals surface area contributed by atoms with E-state index in [1.807, 2.05) is 0 Å². The summed E-state index contributed by atoms with van der Waals surface area (Å²) >= 11 is 3.15. The highest BCUT2D eigenvalue weighted by Gasteiger charge is 2.17. The van der Waals surface area contributed by atoms with Gasteiger partial charge in [-0.05, 0) is 12.1 Å². The SMILES string of the molecule is N=C(N)c1cnc(Oc2ccc(Br)cc2[N+](=O)[O-])cn1. The average Bonchev–Trinajstić information content (AvgIpc) is 2.41. The zero-order valence-corrected chi connectivity index (χ0v) is 11.5. The van der Waals surface area contributed by atoms with Crippen molar-refractivity contribution in [2.75, 3.05) is 0 Å². The molecule has 0 saturated carbocycles. The van der Waals surface area contributed by atoms with E-state index in [0.717, 1.165) is 0 Å². The lowest BCUT2D eigenvalue weighted by Crippen LogP contribution is -2.13. The molecule has 8 nitrogen and oxygen atoms in total. The fourth-order valence-electron chi connectivity index (χ4n) is 1.34. The van der Waals surface area contributed by atoms with Gasteiger partial charge in [-0.1, -0.05) is 15.9 Å². The van der Waals surface area contributed by atoms with Crippen LogP contribution in [0.15, 0.2) is 35.1 Å². The van der Waals surface area contributed by atoms with E-state index in [4.69, 9.17) is 15.9 Å². The molecule has 1 aromatic heterocycles. The van der Waals surface area contributed by atoms with E-state index in [0.29, 0.717) is 4.47 Å². The van der Waals surface area contributed by atoms with Gasteiger partial charge in [0.05, 0.1) is 17.3 Å². The van der Waals surface area contributed by atoms with Gasteiger partial charge in [0.1, 0.15) is 11.5 Å². The first-order chi connectivity index (χ1) is 9.47. The number of ether oxygens (including phenoxy) is 1. The number of nitrogen functional groups attached to an aromatic ring is 1. The van der Waals surface area contributed by atoms with Gasteiger partial charge in [-0.2, -0.15) is 0 Å². The van der Waals surface area contributed by atoms with E-state index in [9.17, 15) is 10.1 Å². The van der Waals surface area contributed by atoms with E-state index in [2.05, 4.69) is 25.9 Å². The predicted octanol–water partition coefficient (Wildman–Crippen LogP) is 2.22. The molecule has 0 aliphatic heterocycles. The summed E-state index contributed by atoms with van der Waals surface area (Å²) in [6.45, 7) is 0. The first-order valence-electron chi connectivity index (χ1n) is 5.25. The molecule has 0 unspecified atom stereocenters. The Kier molecular flexibility index (Phi) is 3.89. The molecule has 0 radical (unpaired) electrons. The number of hydrogen-bond acceptors (Lipinski definition) is 6. The van der Waals surface area contributed by atoms with Gasteiger partial charge in [-0.25, -0.2) is 9.97 Å². The number of nitro benzene ring substituents is 1. The molecule has 0 amide bonds. The lowest BCUT2D eigenvalue weighted by atomic mass is 10.3. The lowest BCUT2D eigenvalue weighted by Gasteiger charge is -2.05. The van der Waals surface area contributed by atoms with E-state index in [1.165, 1.54) is 24.5 Å². The summed E-state index contributed by atoms with van der Waals surface area (Å²) in [4.78, 5) is 18.1. The molecule has 0 atom stereocenters. The summed E-state index contributed by atoms with van der Waals surface area (Å²) in [5.41, 5.74) is 5.24. The lowest BCUT2D eigenvalue weighted by molar-refractivity contribution is -0.385. The highest BCUT2D eigenvalue weighted by molar-refractivity contribution is 9.10. The maximum absolute atomic E-state index is 10.9. The summed E-state index contributed by atoms with van der Waals surface area (Å²) in [7, 11) is 0. The standard InChI is InChI=1S/C11H8BrN5O3/c12-6-1-2-9(8(3-6)17(18)19)20-10-5-15-7(4-16-10)11(13)14/h1-5H,(H3,13,14). The number of nitrogens with zero attached hydrogens (tertiary/aromatic N) is 3. The molecule has 9 heteroatoms. The van der Waals surface area contributed by atoms with Crippen molar-refractivity contribution in [3.8, 4) is 11.6 Å². The molecular weight excluding hydrogens is 330 g/mol. The van der Waals surface area contributed by atoms with E-state index in [1.54, 1.807) is 6.07 Å². The molecule has 0 saturated heterocycles. The molecule has 102 valence electrons. The molecule has 0 fully saturated rings. The van der Waals surface area contributed by atoms with Crippen molar-refractivity contribution in [3.05, 3.63) is 50.9 Å². The molecule has 0 spiro atoms. The summed E-state index contributed by atoms with van der Waals surface area (Å²) < 4.78 is 5.88. The van der Waals surface area contributed by atoms with Crippen molar-refractivity contribution in [2.45, 2.75) is 0 Å². The highest BCUT2D eigenvalue weighted by Crippen LogP contribution is 2.32. The van der Waals surface area contributed by atoms with Crippen LogP contribution in [0.25, 0.3) is 0 Å². The van der Waals surface area contributed by atoms with Gasteiger partial charge in [-0.3, -0.25) is 15.5 Å². The van der Waals surface area contributed by atoms with E-state index < -0.39 is 4.92 Å². The minimum Gasteiger partial charge on any atom is -0.430 e. The number of aromatic nitrogens is 2. The Bertz CT molecular complexity index is 674. The van der Waals surface area contributed by atoms with Crippen molar-refractivity contribution in [2.24, 2.45) is 5.73 Å². The number of nitrogens with one attached hydrogen (secondary N) is 1. The van der Waals surface area contributed by atoms with Crippen LogP contribution in [0.2, 0.25) is 0 Å². The Hall–Kier alpha value is -2.55. The molecule has 2 rings (SSSR count). The van der Waals surface area contributed by atoms with Crippen molar-refractivity contribution < 1.29 is 9.66 Å². The van der Waals surface area contributed by atoms with Gasteiger partial charge in [-0.15, -0.1) is 0 Å². The molecule has 1 heterocycles. The molecule has 0 aliphatic carbocycles. The third-order valence-electron chi connectivity index (χ3n) is 2.24. The summed E-state index contributed by atoms with van der Waals surface area (Å²) in [6.07, 6.45) is 2.49. The monoisotopic (exact) mass is 337 g/mol. The third kappa shape index (κ3) is 3.06. The summed E-state index contributed by atoms with van der Waals surface area (Å²) in [5.74, 6) is -0.109. The predicted molar refractivity (Wildman–Crippen MR) is 73.9 cm³/mol. The minimum atomic E-state index is -0.558. The van der Waals surface area contributed by atoms with Crippen molar-refractivity contribution in [3.63, 3.8) is 0 Å².